The average Bonchev–Trinajstić information content (AvgIpc) is 3.55. The number of fused-ring (bicyclic) bond motifs is 2. The van der Waals surface area contributed by atoms with Gasteiger partial charge in [-0.05, 0) is 85.8 Å². The van der Waals surface area contributed by atoms with Crippen LogP contribution in [0, 0.1) is 25.2 Å². The van der Waals surface area contributed by atoms with Crippen LogP contribution in [0.5, 0.6) is 5.75 Å². The first-order valence-electron chi connectivity index (χ1n) is 15.0. The molecule has 3 aromatic rings. The molecule has 8 heteroatoms. The molecule has 1 saturated carbocycles. The van der Waals surface area contributed by atoms with Gasteiger partial charge in [-0.1, -0.05) is 24.3 Å². The molecule has 3 aliphatic heterocycles. The first-order chi connectivity index (χ1) is 19.9. The molecule has 216 valence electrons. The highest BCUT2D eigenvalue weighted by Gasteiger charge is 2.62. The van der Waals surface area contributed by atoms with E-state index in [1.807, 2.05) is 0 Å². The predicted molar refractivity (Wildman–Crippen MR) is 161 cm³/mol. The summed E-state index contributed by atoms with van der Waals surface area (Å²) in [4.78, 5) is 21.6. The van der Waals surface area contributed by atoms with E-state index in [4.69, 9.17) is 14.5 Å². The summed E-state index contributed by atoms with van der Waals surface area (Å²) < 4.78 is 12.3. The molecule has 3 fully saturated rings. The molecule has 7 rings (SSSR count). The van der Waals surface area contributed by atoms with Gasteiger partial charge in [0.25, 0.3) is 0 Å². The fourth-order valence-corrected chi connectivity index (χ4v) is 8.14. The SMILES string of the molecule is Cc1cccc(-c2csc(N3CC[C@@]4(C(=O)O)C[C@H]4C3)n2)c1OCc1ccc2c(c1C)CCN(C1CCCOC1)C2. The van der Waals surface area contributed by atoms with Gasteiger partial charge in [-0.2, -0.15) is 0 Å². The lowest BCUT2D eigenvalue weighted by molar-refractivity contribution is -0.144. The lowest BCUT2D eigenvalue weighted by atomic mass is 9.91. The minimum Gasteiger partial charge on any atom is -0.488 e. The normalized spacial score (nSPS) is 25.9. The number of aromatic nitrogens is 1. The van der Waals surface area contributed by atoms with Crippen LogP contribution in [-0.2, 0) is 29.1 Å². The minimum atomic E-state index is -0.630. The van der Waals surface area contributed by atoms with E-state index < -0.39 is 11.4 Å². The first-order valence-corrected chi connectivity index (χ1v) is 15.9. The molecule has 0 radical (unpaired) electrons. The Morgan fingerprint density at radius 3 is 2.95 bits per heavy atom. The van der Waals surface area contributed by atoms with Crippen LogP contribution >= 0.6 is 11.3 Å². The summed E-state index contributed by atoms with van der Waals surface area (Å²) in [5.74, 6) is 0.494. The number of carboxylic acid groups (broad SMARTS) is 1. The van der Waals surface area contributed by atoms with Crippen molar-refractivity contribution in [3.8, 4) is 17.0 Å². The van der Waals surface area contributed by atoms with Crippen molar-refractivity contribution >= 4 is 22.4 Å². The summed E-state index contributed by atoms with van der Waals surface area (Å²) in [6, 6.07) is 11.4. The van der Waals surface area contributed by atoms with Crippen molar-refractivity contribution in [1.29, 1.82) is 0 Å². The minimum absolute atomic E-state index is 0.239. The van der Waals surface area contributed by atoms with Crippen molar-refractivity contribution in [3.05, 3.63) is 63.5 Å². The second-order valence-corrected chi connectivity index (χ2v) is 13.2. The Hall–Kier alpha value is -2.94. The lowest BCUT2D eigenvalue weighted by Gasteiger charge is -2.38. The molecule has 7 nitrogen and oxygen atoms in total. The molecule has 41 heavy (non-hydrogen) atoms. The molecule has 4 aliphatic rings. The standard InChI is InChI=1S/C33H39N3O4S/c1-21-5-3-7-28(29-20-41-32(34-29)36-13-11-33(31(37)38)15-25(33)17-36)30(21)40-18-24-9-8-23-16-35(12-10-27(23)22(24)2)26-6-4-14-39-19-26/h3,5,7-9,20,25-26H,4,6,10-19H2,1-2H3,(H,37,38)/t25-,26?,33+/m0/s1. The summed E-state index contributed by atoms with van der Waals surface area (Å²) in [5, 5.41) is 12.7. The van der Waals surface area contributed by atoms with E-state index in [0.29, 0.717) is 19.1 Å². The number of ether oxygens (including phenoxy) is 2. The molecule has 1 aliphatic carbocycles. The van der Waals surface area contributed by atoms with Crippen molar-refractivity contribution in [3.63, 3.8) is 0 Å². The van der Waals surface area contributed by atoms with Crippen molar-refractivity contribution < 1.29 is 19.4 Å². The van der Waals surface area contributed by atoms with E-state index in [1.165, 1.54) is 35.1 Å². The number of carbonyl (C=O) groups is 1. The molecule has 3 atom stereocenters. The fourth-order valence-electron chi connectivity index (χ4n) is 7.28. The Morgan fingerprint density at radius 1 is 1.24 bits per heavy atom. The van der Waals surface area contributed by atoms with E-state index in [1.54, 1.807) is 11.3 Å². The van der Waals surface area contributed by atoms with Crippen molar-refractivity contribution in [2.24, 2.45) is 11.3 Å². The van der Waals surface area contributed by atoms with E-state index >= 15 is 0 Å². The Morgan fingerprint density at radius 2 is 2.15 bits per heavy atom. The van der Waals surface area contributed by atoms with E-state index in [9.17, 15) is 9.90 Å². The molecule has 1 unspecified atom stereocenters. The number of anilines is 1. The number of aliphatic carboxylic acids is 1. The number of para-hydroxylation sites is 1. The van der Waals surface area contributed by atoms with E-state index in [0.717, 1.165) is 79.9 Å². The molecule has 4 heterocycles. The van der Waals surface area contributed by atoms with Crippen LogP contribution in [-0.4, -0.2) is 59.8 Å². The maximum Gasteiger partial charge on any atom is 0.310 e. The van der Waals surface area contributed by atoms with Crippen LogP contribution < -0.4 is 9.64 Å². The van der Waals surface area contributed by atoms with Gasteiger partial charge in [0.2, 0.25) is 0 Å². The molecule has 1 N–H and O–H groups in total. The van der Waals surface area contributed by atoms with Gasteiger partial charge in [-0.3, -0.25) is 9.69 Å². The highest BCUT2D eigenvalue weighted by Crippen LogP contribution is 2.58. The third-order valence-corrected chi connectivity index (χ3v) is 10.9. The van der Waals surface area contributed by atoms with Gasteiger partial charge >= 0.3 is 5.97 Å². The largest absolute Gasteiger partial charge is 0.488 e. The van der Waals surface area contributed by atoms with Crippen LogP contribution in [0.3, 0.4) is 0 Å². The summed E-state index contributed by atoms with van der Waals surface area (Å²) >= 11 is 1.64. The average molecular weight is 574 g/mol. The third kappa shape index (κ3) is 4.94. The maximum absolute atomic E-state index is 11.7. The molecular formula is C33H39N3O4S. The van der Waals surface area contributed by atoms with Gasteiger partial charge in [0.05, 0.1) is 17.7 Å². The van der Waals surface area contributed by atoms with Crippen LogP contribution in [0.1, 0.15) is 53.5 Å². The van der Waals surface area contributed by atoms with Gasteiger partial charge < -0.3 is 19.5 Å². The number of thiazole rings is 1. The monoisotopic (exact) mass is 573 g/mol. The second-order valence-electron chi connectivity index (χ2n) is 12.4. The highest BCUT2D eigenvalue weighted by molar-refractivity contribution is 7.14. The summed E-state index contributed by atoms with van der Waals surface area (Å²) in [7, 11) is 0. The van der Waals surface area contributed by atoms with Crippen molar-refractivity contribution in [2.45, 2.75) is 65.1 Å². The zero-order valence-corrected chi connectivity index (χ0v) is 24.8. The van der Waals surface area contributed by atoms with Crippen LogP contribution in [0.25, 0.3) is 11.3 Å². The number of nitrogens with zero attached hydrogens (tertiary/aromatic N) is 3. The lowest BCUT2D eigenvalue weighted by Crippen LogP contribution is -2.44. The predicted octanol–water partition coefficient (Wildman–Crippen LogP) is 5.84. The first kappa shape index (κ1) is 26.9. The van der Waals surface area contributed by atoms with E-state index in [2.05, 4.69) is 59.4 Å². The summed E-state index contributed by atoms with van der Waals surface area (Å²) in [5.41, 5.74) is 8.07. The highest BCUT2D eigenvalue weighted by atomic mass is 32.1. The van der Waals surface area contributed by atoms with Gasteiger partial charge in [0.1, 0.15) is 12.4 Å². The van der Waals surface area contributed by atoms with Crippen molar-refractivity contribution in [1.82, 2.24) is 9.88 Å². The molecule has 2 aromatic carbocycles. The zero-order valence-electron chi connectivity index (χ0n) is 24.0. The van der Waals surface area contributed by atoms with Gasteiger partial charge in [-0.25, -0.2) is 4.98 Å². The van der Waals surface area contributed by atoms with E-state index in [-0.39, 0.29) is 5.92 Å². The zero-order chi connectivity index (χ0) is 28.1. The molecule has 0 bridgehead atoms. The number of hydrogen-bond acceptors (Lipinski definition) is 7. The number of rotatable bonds is 7. The molecule has 0 amide bonds. The maximum atomic E-state index is 11.7. The quantitative estimate of drug-likeness (QED) is 0.380. The molecule has 1 aromatic heterocycles. The Balaban J connectivity index is 1.06. The molecule has 0 spiro atoms. The number of benzene rings is 2. The Bertz CT molecular complexity index is 1460. The topological polar surface area (TPSA) is 75.1 Å². The fraction of sp³-hybridized carbons (Fsp3) is 0.515. The number of carboxylic acids is 1. The number of piperidine rings is 1. The third-order valence-electron chi connectivity index (χ3n) is 10.0. The molecular weight excluding hydrogens is 534 g/mol. The smallest absolute Gasteiger partial charge is 0.310 e. The number of aryl methyl sites for hydroxylation is 1. The van der Waals surface area contributed by atoms with Crippen molar-refractivity contribution in [2.75, 3.05) is 37.7 Å². The summed E-state index contributed by atoms with van der Waals surface area (Å²) in [6.45, 7) is 10.3. The van der Waals surface area contributed by atoms with Crippen LogP contribution in [0.4, 0.5) is 5.13 Å². The summed E-state index contributed by atoms with van der Waals surface area (Å²) in [6.07, 6.45) is 4.98. The molecule has 2 saturated heterocycles. The van der Waals surface area contributed by atoms with Gasteiger partial charge in [-0.15, -0.1) is 11.3 Å². The van der Waals surface area contributed by atoms with Gasteiger partial charge in [0, 0.05) is 49.8 Å². The van der Waals surface area contributed by atoms with Crippen LogP contribution in [0.15, 0.2) is 35.7 Å². The van der Waals surface area contributed by atoms with Gasteiger partial charge in [0.15, 0.2) is 5.13 Å². The Labute approximate surface area is 246 Å². The second kappa shape index (κ2) is 10.7. The Kier molecular flexibility index (Phi) is 7.04. The van der Waals surface area contributed by atoms with Crippen LogP contribution in [0.2, 0.25) is 0 Å². The number of hydrogen-bond donors (Lipinski definition) is 1.